The molecule has 1 aromatic carbocycles. The van der Waals surface area contributed by atoms with Crippen LogP contribution in [0.1, 0.15) is 24.0 Å². The molecule has 1 heterocycles. The fourth-order valence-corrected chi connectivity index (χ4v) is 4.23. The molecule has 4 nitrogen and oxygen atoms in total. The highest BCUT2D eigenvalue weighted by atomic mass is 32.2. The molecule has 19 heavy (non-hydrogen) atoms. The van der Waals surface area contributed by atoms with E-state index in [-0.39, 0.29) is 23.3 Å². The Labute approximate surface area is 114 Å². The number of benzene rings is 1. The lowest BCUT2D eigenvalue weighted by atomic mass is 10.0. The first-order valence-electron chi connectivity index (χ1n) is 6.48. The Morgan fingerprint density at radius 2 is 2.11 bits per heavy atom. The van der Waals surface area contributed by atoms with Crippen molar-refractivity contribution in [2.75, 3.05) is 11.5 Å². The van der Waals surface area contributed by atoms with Gasteiger partial charge < -0.3 is 5.32 Å². The molecule has 0 spiro atoms. The molecule has 1 fully saturated rings. The summed E-state index contributed by atoms with van der Waals surface area (Å²) in [5.41, 5.74) is 2.24. The van der Waals surface area contributed by atoms with E-state index in [1.807, 2.05) is 31.2 Å². The summed E-state index contributed by atoms with van der Waals surface area (Å²) in [7, 11) is -2.89. The normalized spacial score (nSPS) is 21.2. The first-order valence-corrected chi connectivity index (χ1v) is 8.30. The second-order valence-corrected chi connectivity index (χ2v) is 7.41. The Kier molecular flexibility index (Phi) is 4.24. The highest BCUT2D eigenvalue weighted by Gasteiger charge is 2.29. The number of hydrogen-bond donors (Lipinski definition) is 1. The van der Waals surface area contributed by atoms with Crippen molar-refractivity contribution < 1.29 is 13.2 Å². The number of carbonyl (C=O) groups excluding carboxylic acids is 1. The molecule has 0 aliphatic carbocycles. The predicted molar refractivity (Wildman–Crippen MR) is 74.4 cm³/mol. The molecule has 1 atom stereocenters. The maximum Gasteiger partial charge on any atom is 0.220 e. The Bertz CT molecular complexity index is 566. The molecule has 0 radical (unpaired) electrons. The molecule has 1 unspecified atom stereocenters. The summed E-state index contributed by atoms with van der Waals surface area (Å²) in [6, 6.07) is 7.89. The van der Waals surface area contributed by atoms with E-state index in [2.05, 4.69) is 5.32 Å². The smallest absolute Gasteiger partial charge is 0.220 e. The van der Waals surface area contributed by atoms with Crippen LogP contribution in [0.25, 0.3) is 0 Å². The van der Waals surface area contributed by atoms with Crippen molar-refractivity contribution in [2.45, 2.75) is 26.3 Å². The molecule has 1 amide bonds. The van der Waals surface area contributed by atoms with E-state index in [1.165, 1.54) is 0 Å². The van der Waals surface area contributed by atoms with Crippen LogP contribution in [-0.4, -0.2) is 25.8 Å². The summed E-state index contributed by atoms with van der Waals surface area (Å²) in [5.74, 6) is 0.306. The maximum absolute atomic E-state index is 11.8. The van der Waals surface area contributed by atoms with Gasteiger partial charge in [0.2, 0.25) is 5.91 Å². The number of hydrogen-bond acceptors (Lipinski definition) is 3. The van der Waals surface area contributed by atoms with Crippen molar-refractivity contribution in [1.29, 1.82) is 0 Å². The summed E-state index contributed by atoms with van der Waals surface area (Å²) in [6.45, 7) is 2.51. The van der Waals surface area contributed by atoms with E-state index >= 15 is 0 Å². The first-order chi connectivity index (χ1) is 8.96. The van der Waals surface area contributed by atoms with Crippen LogP contribution in [0, 0.1) is 12.8 Å². The average molecular weight is 281 g/mol. The van der Waals surface area contributed by atoms with Gasteiger partial charge in [0.15, 0.2) is 9.84 Å². The third-order valence-electron chi connectivity index (χ3n) is 3.54. The Morgan fingerprint density at radius 1 is 1.37 bits per heavy atom. The van der Waals surface area contributed by atoms with Crippen LogP contribution in [0.5, 0.6) is 0 Å². The topological polar surface area (TPSA) is 63.2 Å². The largest absolute Gasteiger partial charge is 0.352 e. The lowest BCUT2D eigenvalue weighted by Gasteiger charge is -2.10. The third kappa shape index (κ3) is 4.06. The second-order valence-electron chi connectivity index (χ2n) is 5.18. The molecular weight excluding hydrogens is 262 g/mol. The number of amides is 1. The van der Waals surface area contributed by atoms with E-state index in [9.17, 15) is 13.2 Å². The lowest BCUT2D eigenvalue weighted by Crippen LogP contribution is -2.25. The Hall–Kier alpha value is -1.36. The van der Waals surface area contributed by atoms with Gasteiger partial charge in [0, 0.05) is 13.0 Å². The van der Waals surface area contributed by atoms with Gasteiger partial charge in [-0.05, 0) is 30.4 Å². The Balaban J connectivity index is 1.81. The van der Waals surface area contributed by atoms with Gasteiger partial charge in [0.1, 0.15) is 0 Å². The summed E-state index contributed by atoms with van der Waals surface area (Å²) >= 11 is 0. The summed E-state index contributed by atoms with van der Waals surface area (Å²) in [4.78, 5) is 11.8. The van der Waals surface area contributed by atoms with Crippen molar-refractivity contribution in [3.63, 3.8) is 0 Å². The van der Waals surface area contributed by atoms with Crippen LogP contribution < -0.4 is 5.32 Å². The highest BCUT2D eigenvalue weighted by Crippen LogP contribution is 2.21. The fraction of sp³-hybridized carbons (Fsp3) is 0.500. The maximum atomic E-state index is 11.8. The molecule has 0 saturated carbocycles. The molecule has 0 aromatic heterocycles. The van der Waals surface area contributed by atoms with E-state index in [0.29, 0.717) is 19.4 Å². The van der Waals surface area contributed by atoms with Crippen LogP contribution in [0.2, 0.25) is 0 Å². The molecule has 1 N–H and O–H groups in total. The second kappa shape index (κ2) is 5.74. The lowest BCUT2D eigenvalue weighted by molar-refractivity contribution is -0.122. The molecule has 5 heteroatoms. The molecule has 2 rings (SSSR count). The quantitative estimate of drug-likeness (QED) is 0.908. The number of sulfone groups is 1. The number of nitrogens with one attached hydrogen (secondary N) is 1. The third-order valence-corrected chi connectivity index (χ3v) is 5.38. The molecule has 1 aliphatic heterocycles. The van der Waals surface area contributed by atoms with Gasteiger partial charge in [0.25, 0.3) is 0 Å². The molecule has 1 aliphatic rings. The monoisotopic (exact) mass is 281 g/mol. The van der Waals surface area contributed by atoms with Gasteiger partial charge in [-0.3, -0.25) is 4.79 Å². The van der Waals surface area contributed by atoms with Crippen LogP contribution in [-0.2, 0) is 21.2 Å². The van der Waals surface area contributed by atoms with Gasteiger partial charge in [-0.15, -0.1) is 0 Å². The zero-order valence-corrected chi connectivity index (χ0v) is 11.9. The van der Waals surface area contributed by atoms with Gasteiger partial charge in [-0.1, -0.05) is 24.3 Å². The summed E-state index contributed by atoms with van der Waals surface area (Å²) < 4.78 is 22.6. The average Bonchev–Trinajstić information content (AvgIpc) is 2.67. The van der Waals surface area contributed by atoms with Gasteiger partial charge in [-0.2, -0.15) is 0 Å². The summed E-state index contributed by atoms with van der Waals surface area (Å²) in [5, 5.41) is 2.86. The van der Waals surface area contributed by atoms with Gasteiger partial charge >= 0.3 is 0 Å². The number of aryl methyl sites for hydroxylation is 1. The van der Waals surface area contributed by atoms with Crippen molar-refractivity contribution in [3.8, 4) is 0 Å². The van der Waals surface area contributed by atoms with Crippen molar-refractivity contribution in [1.82, 2.24) is 5.32 Å². The van der Waals surface area contributed by atoms with Gasteiger partial charge in [0.05, 0.1) is 11.5 Å². The SMILES string of the molecule is Cc1ccccc1CNC(=O)CC1CCS(=O)(=O)C1. The Morgan fingerprint density at radius 3 is 2.74 bits per heavy atom. The number of carbonyl (C=O) groups is 1. The zero-order chi connectivity index (χ0) is 13.9. The van der Waals surface area contributed by atoms with Gasteiger partial charge in [-0.25, -0.2) is 8.42 Å². The van der Waals surface area contributed by atoms with Crippen LogP contribution >= 0.6 is 0 Å². The minimum absolute atomic E-state index is 0.0122. The van der Waals surface area contributed by atoms with E-state index < -0.39 is 9.84 Å². The molecule has 0 bridgehead atoms. The summed E-state index contributed by atoms with van der Waals surface area (Å²) in [6.07, 6.45) is 0.922. The minimum Gasteiger partial charge on any atom is -0.352 e. The zero-order valence-electron chi connectivity index (χ0n) is 11.1. The van der Waals surface area contributed by atoms with Crippen molar-refractivity contribution >= 4 is 15.7 Å². The van der Waals surface area contributed by atoms with Crippen LogP contribution in [0.4, 0.5) is 0 Å². The predicted octanol–water partition coefficient (Wildman–Crippen LogP) is 1.44. The van der Waals surface area contributed by atoms with E-state index in [0.717, 1.165) is 11.1 Å². The van der Waals surface area contributed by atoms with Crippen LogP contribution in [0.3, 0.4) is 0 Å². The molecule has 104 valence electrons. The van der Waals surface area contributed by atoms with Crippen LogP contribution in [0.15, 0.2) is 24.3 Å². The molecular formula is C14H19NO3S. The fourth-order valence-electron chi connectivity index (χ4n) is 2.37. The van der Waals surface area contributed by atoms with Crippen molar-refractivity contribution in [2.24, 2.45) is 5.92 Å². The van der Waals surface area contributed by atoms with E-state index in [1.54, 1.807) is 0 Å². The minimum atomic E-state index is -2.89. The molecule has 1 saturated heterocycles. The standard InChI is InChI=1S/C14H19NO3S/c1-11-4-2-3-5-13(11)9-15-14(16)8-12-6-7-19(17,18)10-12/h2-5,12H,6-10H2,1H3,(H,15,16). The first kappa shape index (κ1) is 14.1. The van der Waals surface area contributed by atoms with Crippen molar-refractivity contribution in [3.05, 3.63) is 35.4 Å². The van der Waals surface area contributed by atoms with E-state index in [4.69, 9.17) is 0 Å². The highest BCUT2D eigenvalue weighted by molar-refractivity contribution is 7.91. The number of rotatable bonds is 4. The molecule has 1 aromatic rings.